The Morgan fingerprint density at radius 1 is 0.944 bits per heavy atom. The molecule has 0 bridgehead atoms. The van der Waals surface area contributed by atoms with Crippen molar-refractivity contribution in [3.63, 3.8) is 0 Å². The summed E-state index contributed by atoms with van der Waals surface area (Å²) in [6, 6.07) is 11.0. The third-order valence-corrected chi connectivity index (χ3v) is 5.75. The van der Waals surface area contributed by atoms with E-state index < -0.39 is 0 Å². The van der Waals surface area contributed by atoms with Crippen LogP contribution in [0.5, 0.6) is 17.2 Å². The van der Waals surface area contributed by atoms with Crippen molar-refractivity contribution in [2.75, 3.05) is 35.0 Å². The third-order valence-electron chi connectivity index (χ3n) is 5.75. The normalized spacial score (nSPS) is 11.7. The van der Waals surface area contributed by atoms with Crippen LogP contribution in [0, 0.1) is 0 Å². The Balaban J connectivity index is 1.75. The van der Waals surface area contributed by atoms with E-state index in [4.69, 9.17) is 28.9 Å². The Morgan fingerprint density at radius 2 is 1.64 bits per heavy atom. The maximum absolute atomic E-state index is 13.4. The first-order valence-electron chi connectivity index (χ1n) is 11.1. The molecular formula is C25H24N6O5. The molecule has 0 saturated carbocycles. The van der Waals surface area contributed by atoms with Crippen molar-refractivity contribution >= 4 is 39.4 Å². The van der Waals surface area contributed by atoms with E-state index in [1.807, 2.05) is 24.3 Å². The van der Waals surface area contributed by atoms with E-state index in [9.17, 15) is 4.79 Å². The maximum atomic E-state index is 13.4. The van der Waals surface area contributed by atoms with Crippen LogP contribution in [0.25, 0.3) is 33.2 Å². The number of ether oxygens (including phenoxy) is 4. The lowest BCUT2D eigenvalue weighted by Gasteiger charge is -2.12. The highest BCUT2D eigenvalue weighted by molar-refractivity contribution is 6.04. The fourth-order valence-corrected chi connectivity index (χ4v) is 4.01. The quantitative estimate of drug-likeness (QED) is 0.306. The van der Waals surface area contributed by atoms with Crippen LogP contribution in [0.4, 0.5) is 0 Å². The van der Waals surface area contributed by atoms with Crippen LogP contribution in [0.15, 0.2) is 52.6 Å². The molecule has 36 heavy (non-hydrogen) atoms. The Hall–Kier alpha value is -4.51. The van der Waals surface area contributed by atoms with Crippen molar-refractivity contribution in [1.82, 2.24) is 24.2 Å². The topological polar surface area (TPSA) is 115 Å². The van der Waals surface area contributed by atoms with Crippen molar-refractivity contribution < 1.29 is 18.9 Å². The van der Waals surface area contributed by atoms with Gasteiger partial charge in [0.2, 0.25) is 5.75 Å². The SMILES string of the molecule is COCCn1cnc2c(c1=O)c1nc3ccccc3nc1n2/N=C\c1cc(OC)c(OC)c(OC)c1. The summed E-state index contributed by atoms with van der Waals surface area (Å²) in [5, 5.41) is 4.98. The Morgan fingerprint density at radius 3 is 2.28 bits per heavy atom. The first-order chi connectivity index (χ1) is 17.6. The molecule has 0 fully saturated rings. The number of hydrogen-bond acceptors (Lipinski definition) is 9. The predicted molar refractivity (Wildman–Crippen MR) is 136 cm³/mol. The van der Waals surface area contributed by atoms with Crippen LogP contribution < -0.4 is 19.8 Å². The molecule has 184 valence electrons. The molecule has 0 unspecified atom stereocenters. The maximum Gasteiger partial charge on any atom is 0.265 e. The number of benzene rings is 2. The van der Waals surface area contributed by atoms with Gasteiger partial charge in [0.05, 0.1) is 51.7 Å². The van der Waals surface area contributed by atoms with Gasteiger partial charge in [-0.3, -0.25) is 9.36 Å². The summed E-state index contributed by atoms with van der Waals surface area (Å²) in [5.41, 5.74) is 2.98. The summed E-state index contributed by atoms with van der Waals surface area (Å²) in [7, 11) is 6.22. The van der Waals surface area contributed by atoms with Crippen molar-refractivity contribution in [3.05, 3.63) is 58.6 Å². The Labute approximate surface area is 205 Å². The van der Waals surface area contributed by atoms with Crippen LogP contribution in [-0.2, 0) is 11.3 Å². The van der Waals surface area contributed by atoms with Gasteiger partial charge < -0.3 is 18.9 Å². The van der Waals surface area contributed by atoms with Gasteiger partial charge in [-0.2, -0.15) is 9.78 Å². The summed E-state index contributed by atoms with van der Waals surface area (Å²) in [4.78, 5) is 27.4. The number of methoxy groups -OCH3 is 4. The smallest absolute Gasteiger partial charge is 0.265 e. The van der Waals surface area contributed by atoms with Gasteiger partial charge in [-0.1, -0.05) is 12.1 Å². The molecule has 0 aliphatic heterocycles. The molecule has 11 heteroatoms. The van der Waals surface area contributed by atoms with E-state index in [-0.39, 0.29) is 5.56 Å². The average molecular weight is 489 g/mol. The summed E-state index contributed by atoms with van der Waals surface area (Å²) in [6.45, 7) is 0.736. The van der Waals surface area contributed by atoms with Crippen LogP contribution >= 0.6 is 0 Å². The summed E-state index contributed by atoms with van der Waals surface area (Å²) in [6.07, 6.45) is 3.09. The lowest BCUT2D eigenvalue weighted by atomic mass is 10.2. The Kier molecular flexibility index (Phi) is 6.21. The minimum absolute atomic E-state index is 0.242. The Bertz CT molecular complexity index is 1650. The van der Waals surface area contributed by atoms with E-state index in [0.717, 1.165) is 0 Å². The lowest BCUT2D eigenvalue weighted by molar-refractivity contribution is 0.186. The molecule has 3 aromatic heterocycles. The highest BCUT2D eigenvalue weighted by Crippen LogP contribution is 2.37. The third kappa shape index (κ3) is 3.89. The van der Waals surface area contributed by atoms with Gasteiger partial charge >= 0.3 is 0 Å². The molecule has 0 amide bonds. The van der Waals surface area contributed by atoms with Crippen LogP contribution in [0.1, 0.15) is 5.56 Å². The highest BCUT2D eigenvalue weighted by Gasteiger charge is 2.20. The van der Waals surface area contributed by atoms with Gasteiger partial charge in [0.1, 0.15) is 17.2 Å². The molecule has 0 radical (unpaired) electrons. The van der Waals surface area contributed by atoms with Crippen molar-refractivity contribution in [3.8, 4) is 17.2 Å². The zero-order valence-corrected chi connectivity index (χ0v) is 20.3. The molecule has 0 atom stereocenters. The number of fused-ring (bicyclic) bond motifs is 4. The van der Waals surface area contributed by atoms with Crippen molar-refractivity contribution in [2.24, 2.45) is 5.10 Å². The number of hydrogen-bond donors (Lipinski definition) is 0. The summed E-state index contributed by atoms with van der Waals surface area (Å²) in [5.74, 6) is 1.46. The van der Waals surface area contributed by atoms with Gasteiger partial charge in [0.15, 0.2) is 22.8 Å². The monoisotopic (exact) mass is 488 g/mol. The molecular weight excluding hydrogens is 464 g/mol. The molecule has 0 saturated heterocycles. The molecule has 0 spiro atoms. The van der Waals surface area contributed by atoms with E-state index in [1.165, 1.54) is 15.6 Å². The van der Waals surface area contributed by atoms with Gasteiger partial charge in [-0.25, -0.2) is 15.0 Å². The molecule has 0 aliphatic carbocycles. The van der Waals surface area contributed by atoms with Crippen LogP contribution in [-0.4, -0.2) is 65.5 Å². The second-order valence-electron chi connectivity index (χ2n) is 7.83. The number of rotatable bonds is 8. The number of para-hydroxylation sites is 2. The molecule has 5 rings (SSSR count). The summed E-state index contributed by atoms with van der Waals surface area (Å²) >= 11 is 0. The van der Waals surface area contributed by atoms with Crippen LogP contribution in [0.2, 0.25) is 0 Å². The highest BCUT2D eigenvalue weighted by atomic mass is 16.5. The second kappa shape index (κ2) is 9.62. The minimum atomic E-state index is -0.242. The number of nitrogens with zero attached hydrogens (tertiary/aromatic N) is 6. The van der Waals surface area contributed by atoms with E-state index in [1.54, 1.807) is 46.8 Å². The molecule has 0 aliphatic rings. The van der Waals surface area contributed by atoms with E-state index in [2.05, 4.69) is 10.1 Å². The zero-order valence-electron chi connectivity index (χ0n) is 20.3. The first-order valence-corrected chi connectivity index (χ1v) is 11.1. The molecule has 3 heterocycles. The van der Waals surface area contributed by atoms with Crippen molar-refractivity contribution in [1.29, 1.82) is 0 Å². The number of aromatic nitrogens is 5. The van der Waals surface area contributed by atoms with Gasteiger partial charge in [0.25, 0.3) is 5.56 Å². The zero-order chi connectivity index (χ0) is 25.2. The minimum Gasteiger partial charge on any atom is -0.493 e. The fourth-order valence-electron chi connectivity index (χ4n) is 4.01. The first kappa shape index (κ1) is 23.2. The van der Waals surface area contributed by atoms with Gasteiger partial charge in [0, 0.05) is 12.7 Å². The van der Waals surface area contributed by atoms with E-state index >= 15 is 0 Å². The van der Waals surface area contributed by atoms with Crippen LogP contribution in [0.3, 0.4) is 0 Å². The predicted octanol–water partition coefficient (Wildman–Crippen LogP) is 2.85. The van der Waals surface area contributed by atoms with Gasteiger partial charge in [-0.15, -0.1) is 0 Å². The standard InChI is InChI=1S/C25H24N6O5/c1-33-10-9-30-14-26-23-20(25(30)32)21-24(29-17-8-6-5-7-16(17)28-21)31(23)27-13-15-11-18(34-2)22(36-4)19(12-15)35-3/h5-8,11-14H,9-10H2,1-4H3/b27-13-. The lowest BCUT2D eigenvalue weighted by Crippen LogP contribution is -2.22. The average Bonchev–Trinajstić information content (AvgIpc) is 3.22. The van der Waals surface area contributed by atoms with Gasteiger partial charge in [-0.05, 0) is 24.3 Å². The van der Waals surface area contributed by atoms with E-state index in [0.29, 0.717) is 69.2 Å². The largest absolute Gasteiger partial charge is 0.493 e. The molecule has 5 aromatic rings. The molecule has 2 aromatic carbocycles. The molecule has 11 nitrogen and oxygen atoms in total. The second-order valence-corrected chi connectivity index (χ2v) is 7.83. The summed E-state index contributed by atoms with van der Waals surface area (Å²) < 4.78 is 24.4. The molecule has 0 N–H and O–H groups in total. The fraction of sp³-hybridized carbons (Fsp3) is 0.240. The van der Waals surface area contributed by atoms with Crippen molar-refractivity contribution in [2.45, 2.75) is 6.54 Å².